The van der Waals surface area contributed by atoms with Crippen LogP contribution in [0.15, 0.2) is 18.5 Å². The lowest BCUT2D eigenvalue weighted by atomic mass is 10.4. The van der Waals surface area contributed by atoms with Gasteiger partial charge < -0.3 is 0 Å². The topological polar surface area (TPSA) is 25.8 Å². The van der Waals surface area contributed by atoms with E-state index in [2.05, 4.69) is 9.97 Å². The highest BCUT2D eigenvalue weighted by molar-refractivity contribution is 5.42. The number of nitrogens with zero attached hydrogens (tertiary/aromatic N) is 2. The van der Waals surface area contributed by atoms with Crippen molar-refractivity contribution in [1.82, 2.24) is 9.97 Å². The first-order valence-corrected chi connectivity index (χ1v) is 3.24. The predicted molar refractivity (Wildman–Crippen MR) is 41.5 cm³/mol. The van der Waals surface area contributed by atoms with Gasteiger partial charge in [0.2, 0.25) is 0 Å². The molecule has 0 amide bonds. The number of hydrogen-bond donors (Lipinski definition) is 0. The zero-order chi connectivity index (χ0) is 7.40. The van der Waals surface area contributed by atoms with Crippen molar-refractivity contribution in [1.29, 1.82) is 0 Å². The van der Waals surface area contributed by atoms with Crippen LogP contribution in [0, 0.1) is 6.92 Å². The Hall–Kier alpha value is -1.18. The third-order valence-corrected chi connectivity index (χ3v) is 1.11. The van der Waals surface area contributed by atoms with Gasteiger partial charge >= 0.3 is 0 Å². The van der Waals surface area contributed by atoms with Crippen molar-refractivity contribution in [2.45, 2.75) is 13.8 Å². The van der Waals surface area contributed by atoms with Gasteiger partial charge in [0.15, 0.2) is 0 Å². The molecule has 2 nitrogen and oxygen atoms in total. The van der Waals surface area contributed by atoms with Crippen LogP contribution in [0.4, 0.5) is 0 Å². The van der Waals surface area contributed by atoms with Crippen LogP contribution < -0.4 is 0 Å². The van der Waals surface area contributed by atoms with Crippen molar-refractivity contribution in [2.75, 3.05) is 0 Å². The minimum atomic E-state index is 0.919. The highest BCUT2D eigenvalue weighted by Gasteiger charge is 1.87. The van der Waals surface area contributed by atoms with Gasteiger partial charge in [-0.25, -0.2) is 0 Å². The van der Waals surface area contributed by atoms with E-state index in [1.807, 2.05) is 26.0 Å². The van der Waals surface area contributed by atoms with E-state index in [1.165, 1.54) is 0 Å². The van der Waals surface area contributed by atoms with Crippen molar-refractivity contribution in [2.24, 2.45) is 0 Å². The van der Waals surface area contributed by atoms with E-state index in [0.29, 0.717) is 0 Å². The molecule has 52 valence electrons. The average molecular weight is 134 g/mol. The van der Waals surface area contributed by atoms with Crippen molar-refractivity contribution < 1.29 is 0 Å². The SMILES string of the molecule is C/C=C\c1cncc(C)n1. The van der Waals surface area contributed by atoms with Crippen molar-refractivity contribution in [3.63, 3.8) is 0 Å². The Morgan fingerprint density at radius 2 is 2.20 bits per heavy atom. The lowest BCUT2D eigenvalue weighted by Crippen LogP contribution is -1.85. The van der Waals surface area contributed by atoms with Crippen LogP contribution in [0.1, 0.15) is 18.3 Å². The second-order valence-corrected chi connectivity index (χ2v) is 2.09. The molecule has 2 heteroatoms. The Labute approximate surface area is 60.6 Å². The van der Waals surface area contributed by atoms with Gasteiger partial charge in [0.05, 0.1) is 17.6 Å². The van der Waals surface area contributed by atoms with Crippen LogP contribution >= 0.6 is 0 Å². The molecule has 0 bridgehead atoms. The molecule has 0 spiro atoms. The van der Waals surface area contributed by atoms with E-state index in [1.54, 1.807) is 12.4 Å². The maximum absolute atomic E-state index is 4.21. The number of hydrogen-bond acceptors (Lipinski definition) is 2. The maximum Gasteiger partial charge on any atom is 0.0812 e. The molecular formula is C8H10N2. The van der Waals surface area contributed by atoms with E-state index in [4.69, 9.17) is 0 Å². The Bertz CT molecular complexity index is 241. The minimum absolute atomic E-state index is 0.919. The third kappa shape index (κ3) is 1.65. The monoisotopic (exact) mass is 134 g/mol. The normalized spacial score (nSPS) is 10.6. The molecule has 1 aromatic heterocycles. The molecule has 0 unspecified atom stereocenters. The predicted octanol–water partition coefficient (Wildman–Crippen LogP) is 1.82. The Kier molecular flexibility index (Phi) is 2.15. The van der Waals surface area contributed by atoms with E-state index in [0.717, 1.165) is 11.4 Å². The van der Waals surface area contributed by atoms with Crippen molar-refractivity contribution >= 4 is 6.08 Å². The molecule has 1 aromatic rings. The summed E-state index contributed by atoms with van der Waals surface area (Å²) in [5, 5.41) is 0. The molecule has 0 N–H and O–H groups in total. The third-order valence-electron chi connectivity index (χ3n) is 1.11. The Morgan fingerprint density at radius 3 is 2.80 bits per heavy atom. The molecule has 0 aliphatic carbocycles. The van der Waals surface area contributed by atoms with Crippen LogP contribution in [0.25, 0.3) is 6.08 Å². The van der Waals surface area contributed by atoms with Gasteiger partial charge in [-0.2, -0.15) is 0 Å². The van der Waals surface area contributed by atoms with Crippen LogP contribution in [0.5, 0.6) is 0 Å². The molecule has 0 radical (unpaired) electrons. The van der Waals surface area contributed by atoms with Gasteiger partial charge in [0.25, 0.3) is 0 Å². The summed E-state index contributed by atoms with van der Waals surface area (Å²) in [5.74, 6) is 0. The molecule has 0 saturated heterocycles. The smallest absolute Gasteiger partial charge is 0.0812 e. The molecule has 0 aliphatic heterocycles. The molecule has 1 rings (SSSR count). The maximum atomic E-state index is 4.21. The van der Waals surface area contributed by atoms with Gasteiger partial charge in [-0.15, -0.1) is 0 Å². The fraction of sp³-hybridized carbons (Fsp3) is 0.250. The second kappa shape index (κ2) is 3.11. The standard InChI is InChI=1S/C8H10N2/c1-3-4-8-6-9-5-7(2)10-8/h3-6H,1-2H3/b4-3-. The van der Waals surface area contributed by atoms with E-state index < -0.39 is 0 Å². The largest absolute Gasteiger partial charge is 0.261 e. The summed E-state index contributed by atoms with van der Waals surface area (Å²) in [6.07, 6.45) is 7.36. The fourth-order valence-electron chi connectivity index (χ4n) is 0.734. The molecule has 0 saturated carbocycles. The van der Waals surface area contributed by atoms with Crippen molar-refractivity contribution in [3.05, 3.63) is 29.9 Å². The van der Waals surface area contributed by atoms with Crippen LogP contribution in [0.3, 0.4) is 0 Å². The first-order valence-electron chi connectivity index (χ1n) is 3.24. The van der Waals surface area contributed by atoms with Crippen molar-refractivity contribution in [3.8, 4) is 0 Å². The van der Waals surface area contributed by atoms with Crippen LogP contribution in [-0.4, -0.2) is 9.97 Å². The molecule has 0 aliphatic rings. The van der Waals surface area contributed by atoms with Gasteiger partial charge in [-0.1, -0.05) is 6.08 Å². The number of aromatic nitrogens is 2. The zero-order valence-electron chi connectivity index (χ0n) is 6.20. The Balaban J connectivity index is 2.95. The average Bonchev–Trinajstić information content (AvgIpc) is 1.88. The zero-order valence-corrected chi connectivity index (χ0v) is 6.20. The second-order valence-electron chi connectivity index (χ2n) is 2.09. The molecule has 0 atom stereocenters. The summed E-state index contributed by atoms with van der Waals surface area (Å²) in [4.78, 5) is 8.20. The summed E-state index contributed by atoms with van der Waals surface area (Å²) < 4.78 is 0. The molecule has 10 heavy (non-hydrogen) atoms. The summed E-state index contributed by atoms with van der Waals surface area (Å²) >= 11 is 0. The van der Waals surface area contributed by atoms with Gasteiger partial charge in [0.1, 0.15) is 0 Å². The first-order chi connectivity index (χ1) is 4.83. The summed E-state index contributed by atoms with van der Waals surface area (Å²) in [5.41, 5.74) is 1.87. The summed E-state index contributed by atoms with van der Waals surface area (Å²) in [7, 11) is 0. The van der Waals surface area contributed by atoms with Crippen LogP contribution in [-0.2, 0) is 0 Å². The minimum Gasteiger partial charge on any atom is -0.261 e. The van der Waals surface area contributed by atoms with Gasteiger partial charge in [-0.3, -0.25) is 9.97 Å². The number of aryl methyl sites for hydroxylation is 1. The fourth-order valence-corrected chi connectivity index (χ4v) is 0.734. The van der Waals surface area contributed by atoms with E-state index >= 15 is 0 Å². The lowest BCUT2D eigenvalue weighted by Gasteiger charge is -1.91. The molecule has 1 heterocycles. The highest BCUT2D eigenvalue weighted by atomic mass is 14.8. The van der Waals surface area contributed by atoms with Gasteiger partial charge in [0, 0.05) is 6.20 Å². The summed E-state index contributed by atoms with van der Waals surface area (Å²) in [6, 6.07) is 0. The van der Waals surface area contributed by atoms with Gasteiger partial charge in [-0.05, 0) is 19.9 Å². The van der Waals surface area contributed by atoms with E-state index in [-0.39, 0.29) is 0 Å². The number of rotatable bonds is 1. The molecular weight excluding hydrogens is 124 g/mol. The van der Waals surface area contributed by atoms with Crippen LogP contribution in [0.2, 0.25) is 0 Å². The van der Waals surface area contributed by atoms with E-state index in [9.17, 15) is 0 Å². The molecule has 0 aromatic carbocycles. The molecule has 0 fully saturated rings. The number of allylic oxidation sites excluding steroid dienone is 1. The Morgan fingerprint density at radius 1 is 1.40 bits per heavy atom. The lowest BCUT2D eigenvalue weighted by molar-refractivity contribution is 1.10. The highest BCUT2D eigenvalue weighted by Crippen LogP contribution is 1.96. The quantitative estimate of drug-likeness (QED) is 0.585. The first kappa shape index (κ1) is 6.93. The summed E-state index contributed by atoms with van der Waals surface area (Å²) in [6.45, 7) is 3.89.